The largest absolute Gasteiger partial charge is 0.459 e. The summed E-state index contributed by atoms with van der Waals surface area (Å²) >= 11 is 12.2. The normalized spacial score (nSPS) is 17.1. The number of pyridine rings is 1. The Kier molecular flexibility index (Phi) is 7.23. The molecule has 0 saturated carbocycles. The Hall–Kier alpha value is -3.68. The molecule has 0 unspecified atom stereocenters. The molecular formula is C30H29ClN4O2S. The Balaban J connectivity index is 1.56. The maximum absolute atomic E-state index is 12.3. The Morgan fingerprint density at radius 2 is 1.92 bits per heavy atom. The molecule has 1 amide bonds. The fourth-order valence-corrected chi connectivity index (χ4v) is 5.19. The Labute approximate surface area is 233 Å². The van der Waals surface area contributed by atoms with Crippen LogP contribution in [0.5, 0.6) is 0 Å². The van der Waals surface area contributed by atoms with Crippen molar-refractivity contribution in [3.8, 4) is 11.3 Å². The van der Waals surface area contributed by atoms with Crippen LogP contribution in [0, 0.1) is 19.8 Å². The first kappa shape index (κ1) is 25.9. The summed E-state index contributed by atoms with van der Waals surface area (Å²) in [6, 6.07) is 21.0. The quantitative estimate of drug-likeness (QED) is 0.247. The molecule has 0 radical (unpaired) electrons. The van der Waals surface area contributed by atoms with Crippen LogP contribution in [-0.4, -0.2) is 16.0 Å². The summed E-state index contributed by atoms with van der Waals surface area (Å²) in [5.74, 6) is 1.36. The van der Waals surface area contributed by atoms with Gasteiger partial charge in [0.25, 0.3) is 0 Å². The van der Waals surface area contributed by atoms with Gasteiger partial charge in [-0.15, -0.1) is 0 Å². The third-order valence-electron chi connectivity index (χ3n) is 6.82. The lowest BCUT2D eigenvalue weighted by Crippen LogP contribution is -2.29. The number of aryl methyl sites for hydroxylation is 1. The predicted molar refractivity (Wildman–Crippen MR) is 156 cm³/mol. The standard InChI is InChI=1S/C30H29ClN4O2S/c1-17(2)29(36)33-23-12-11-20(16-18(23)3)35-28(27(34-30(35)38)24-10-5-6-15-32-24)26-14-13-25(37-26)21-8-7-9-22(31)19(21)4/h5-17,27-28H,1-4H3,(H,33,36)(H,34,38)/t27-,28-/m1/s1. The summed E-state index contributed by atoms with van der Waals surface area (Å²) in [7, 11) is 0. The zero-order valence-corrected chi connectivity index (χ0v) is 23.2. The molecule has 3 heterocycles. The highest BCUT2D eigenvalue weighted by Gasteiger charge is 2.42. The van der Waals surface area contributed by atoms with Crippen molar-refractivity contribution in [2.24, 2.45) is 5.92 Å². The Morgan fingerprint density at radius 1 is 1.11 bits per heavy atom. The highest BCUT2D eigenvalue weighted by Crippen LogP contribution is 2.44. The van der Waals surface area contributed by atoms with Gasteiger partial charge in [-0.3, -0.25) is 9.78 Å². The summed E-state index contributed by atoms with van der Waals surface area (Å²) in [6.45, 7) is 7.71. The van der Waals surface area contributed by atoms with Gasteiger partial charge in [-0.25, -0.2) is 0 Å². The summed E-state index contributed by atoms with van der Waals surface area (Å²) < 4.78 is 6.49. The van der Waals surface area contributed by atoms with E-state index in [-0.39, 0.29) is 23.9 Å². The molecule has 1 fully saturated rings. The second kappa shape index (κ2) is 10.6. The van der Waals surface area contributed by atoms with Crippen LogP contribution in [0.4, 0.5) is 11.4 Å². The van der Waals surface area contributed by atoms with Crippen molar-refractivity contribution in [1.82, 2.24) is 10.3 Å². The number of furan rings is 1. The van der Waals surface area contributed by atoms with Gasteiger partial charge in [0.15, 0.2) is 5.11 Å². The summed E-state index contributed by atoms with van der Waals surface area (Å²) in [6.07, 6.45) is 1.78. The predicted octanol–water partition coefficient (Wildman–Crippen LogP) is 7.38. The summed E-state index contributed by atoms with van der Waals surface area (Å²) in [4.78, 5) is 19.0. The molecule has 4 aromatic rings. The van der Waals surface area contributed by atoms with E-state index in [2.05, 4.69) is 20.5 Å². The van der Waals surface area contributed by atoms with Crippen LogP contribution in [0.15, 0.2) is 77.3 Å². The maximum Gasteiger partial charge on any atom is 0.226 e. The van der Waals surface area contributed by atoms with Gasteiger partial charge >= 0.3 is 0 Å². The van der Waals surface area contributed by atoms with Crippen LogP contribution in [0.1, 0.15) is 48.5 Å². The number of halogens is 1. The minimum atomic E-state index is -0.291. The van der Waals surface area contributed by atoms with Crippen LogP contribution in [0.2, 0.25) is 5.02 Å². The second-order valence-corrected chi connectivity index (χ2v) is 10.5. The third-order valence-corrected chi connectivity index (χ3v) is 7.54. The molecule has 2 N–H and O–H groups in total. The number of benzene rings is 2. The molecule has 2 aromatic heterocycles. The number of hydrogen-bond acceptors (Lipinski definition) is 4. The van der Waals surface area contributed by atoms with E-state index < -0.39 is 0 Å². The molecule has 2 aromatic carbocycles. The average Bonchev–Trinajstić information content (AvgIpc) is 3.52. The Bertz CT molecular complexity index is 1500. The van der Waals surface area contributed by atoms with Crippen LogP contribution in [0.25, 0.3) is 11.3 Å². The van der Waals surface area contributed by atoms with Gasteiger partial charge < -0.3 is 20.0 Å². The zero-order valence-electron chi connectivity index (χ0n) is 21.7. The van der Waals surface area contributed by atoms with Crippen molar-refractivity contribution in [3.05, 3.63) is 101 Å². The van der Waals surface area contributed by atoms with E-state index in [1.807, 2.05) is 94.4 Å². The van der Waals surface area contributed by atoms with Crippen molar-refractivity contribution >= 4 is 46.2 Å². The van der Waals surface area contributed by atoms with E-state index in [1.165, 1.54) is 0 Å². The first-order valence-electron chi connectivity index (χ1n) is 12.5. The smallest absolute Gasteiger partial charge is 0.226 e. The number of carbonyl (C=O) groups excluding carboxylic acids is 1. The molecule has 1 aliphatic rings. The molecule has 1 aliphatic heterocycles. The van der Waals surface area contributed by atoms with Crippen LogP contribution < -0.4 is 15.5 Å². The number of anilines is 2. The molecule has 0 aliphatic carbocycles. The minimum absolute atomic E-state index is 0.0215. The van der Waals surface area contributed by atoms with Crippen LogP contribution >= 0.6 is 23.8 Å². The van der Waals surface area contributed by atoms with Gasteiger partial charge in [0.05, 0.1) is 11.7 Å². The van der Waals surface area contributed by atoms with E-state index >= 15 is 0 Å². The summed E-state index contributed by atoms with van der Waals surface area (Å²) in [5, 5.41) is 7.73. The van der Waals surface area contributed by atoms with E-state index in [9.17, 15) is 4.79 Å². The minimum Gasteiger partial charge on any atom is -0.459 e. The topological polar surface area (TPSA) is 70.4 Å². The average molecular weight is 545 g/mol. The molecule has 0 spiro atoms. The first-order valence-corrected chi connectivity index (χ1v) is 13.3. The van der Waals surface area contributed by atoms with Gasteiger partial charge in [0, 0.05) is 34.1 Å². The van der Waals surface area contributed by atoms with Crippen molar-refractivity contribution in [1.29, 1.82) is 0 Å². The number of carbonyl (C=O) groups is 1. The molecule has 38 heavy (non-hydrogen) atoms. The monoisotopic (exact) mass is 544 g/mol. The van der Waals surface area contributed by atoms with Crippen molar-refractivity contribution < 1.29 is 9.21 Å². The Morgan fingerprint density at radius 3 is 2.63 bits per heavy atom. The van der Waals surface area contributed by atoms with Gasteiger partial charge in [-0.1, -0.05) is 43.6 Å². The number of hydrogen-bond donors (Lipinski definition) is 2. The lowest BCUT2D eigenvalue weighted by atomic mass is 10.0. The number of rotatable bonds is 6. The number of thiocarbonyl (C=S) groups is 1. The van der Waals surface area contributed by atoms with E-state index in [4.69, 9.17) is 28.2 Å². The molecule has 0 bridgehead atoms. The molecule has 8 heteroatoms. The second-order valence-electron chi connectivity index (χ2n) is 9.75. The molecule has 6 nitrogen and oxygen atoms in total. The highest BCUT2D eigenvalue weighted by molar-refractivity contribution is 7.80. The fourth-order valence-electron chi connectivity index (χ4n) is 4.67. The molecule has 2 atom stereocenters. The van der Waals surface area contributed by atoms with Gasteiger partial charge in [-0.2, -0.15) is 0 Å². The highest BCUT2D eigenvalue weighted by atomic mass is 35.5. The third kappa shape index (κ3) is 4.91. The SMILES string of the molecule is Cc1cc(N2C(=S)N[C@H](c3ccccn3)[C@H]2c2ccc(-c3cccc(Cl)c3C)o2)ccc1NC(=O)C(C)C. The molecular weight excluding hydrogens is 516 g/mol. The molecule has 5 rings (SSSR count). The van der Waals surface area contributed by atoms with Gasteiger partial charge in [-0.05, 0) is 85.7 Å². The lowest BCUT2D eigenvalue weighted by molar-refractivity contribution is -0.118. The van der Waals surface area contributed by atoms with E-state index in [1.54, 1.807) is 6.20 Å². The summed E-state index contributed by atoms with van der Waals surface area (Å²) in [5.41, 5.74) is 5.37. The van der Waals surface area contributed by atoms with E-state index in [0.29, 0.717) is 10.1 Å². The first-order chi connectivity index (χ1) is 18.2. The van der Waals surface area contributed by atoms with Gasteiger partial charge in [0.1, 0.15) is 17.6 Å². The number of nitrogens with one attached hydrogen (secondary N) is 2. The zero-order chi connectivity index (χ0) is 27.0. The number of amides is 1. The number of aromatic nitrogens is 1. The number of nitrogens with zero attached hydrogens (tertiary/aromatic N) is 2. The lowest BCUT2D eigenvalue weighted by Gasteiger charge is -2.27. The van der Waals surface area contributed by atoms with Crippen LogP contribution in [0.3, 0.4) is 0 Å². The van der Waals surface area contributed by atoms with Crippen LogP contribution in [-0.2, 0) is 4.79 Å². The van der Waals surface area contributed by atoms with E-state index in [0.717, 1.165) is 45.3 Å². The van der Waals surface area contributed by atoms with Crippen molar-refractivity contribution in [2.45, 2.75) is 39.8 Å². The molecule has 194 valence electrons. The van der Waals surface area contributed by atoms with Gasteiger partial charge in [0.2, 0.25) is 5.91 Å². The van der Waals surface area contributed by atoms with Crippen molar-refractivity contribution in [3.63, 3.8) is 0 Å². The molecule has 1 saturated heterocycles. The van der Waals surface area contributed by atoms with Crippen molar-refractivity contribution in [2.75, 3.05) is 10.2 Å². The fraction of sp³-hybridized carbons (Fsp3) is 0.233. The maximum atomic E-state index is 12.3.